The third-order valence-electron chi connectivity index (χ3n) is 3.26. The van der Waals surface area contributed by atoms with Crippen LogP contribution >= 0.6 is 0 Å². The predicted molar refractivity (Wildman–Crippen MR) is 86.4 cm³/mol. The van der Waals surface area contributed by atoms with Crippen LogP contribution in [0.4, 0.5) is 11.5 Å². The van der Waals surface area contributed by atoms with E-state index in [2.05, 4.69) is 23.8 Å². The lowest BCUT2D eigenvalue weighted by molar-refractivity contribution is 0.764. The number of nitrogens with two attached hydrogens (primary N) is 1. The highest BCUT2D eigenvalue weighted by Gasteiger charge is 2.11. The van der Waals surface area contributed by atoms with Crippen LogP contribution in [0.2, 0.25) is 0 Å². The van der Waals surface area contributed by atoms with E-state index in [-0.39, 0.29) is 11.8 Å². The van der Waals surface area contributed by atoms with Crippen molar-refractivity contribution >= 4 is 17.3 Å². The molecule has 3 N–H and O–H groups in total. The average molecular weight is 283 g/mol. The first-order chi connectivity index (χ1) is 9.88. The fraction of sp³-hybridized carbons (Fsp3) is 0.312. The summed E-state index contributed by atoms with van der Waals surface area (Å²) in [6.45, 7) is 6.13. The first-order valence-corrected chi connectivity index (χ1v) is 6.92. The van der Waals surface area contributed by atoms with Crippen molar-refractivity contribution in [3.8, 4) is 0 Å². The van der Waals surface area contributed by atoms with E-state index in [1.807, 2.05) is 49.2 Å². The van der Waals surface area contributed by atoms with Crippen molar-refractivity contribution in [1.82, 2.24) is 9.97 Å². The first kappa shape index (κ1) is 15.0. The number of nitrogens with zero attached hydrogens (tertiary/aromatic N) is 3. The highest BCUT2D eigenvalue weighted by molar-refractivity contribution is 5.96. The number of rotatable bonds is 4. The average Bonchev–Trinajstić information content (AvgIpc) is 2.45. The Labute approximate surface area is 125 Å². The molecule has 110 valence electrons. The monoisotopic (exact) mass is 283 g/mol. The molecule has 5 heteroatoms. The number of benzene rings is 1. The summed E-state index contributed by atoms with van der Waals surface area (Å²) >= 11 is 0. The molecule has 0 saturated heterocycles. The van der Waals surface area contributed by atoms with Crippen LogP contribution in [0.25, 0.3) is 0 Å². The molecule has 1 heterocycles. The number of nitrogen functional groups attached to an aromatic ring is 1. The molecule has 21 heavy (non-hydrogen) atoms. The number of hydrogen-bond donors (Lipinski definition) is 2. The quantitative estimate of drug-likeness (QED) is 0.668. The zero-order chi connectivity index (χ0) is 15.6. The minimum absolute atomic E-state index is 0.0620. The maximum Gasteiger partial charge on any atom is 0.136 e. The Balaban J connectivity index is 2.42. The molecule has 0 fully saturated rings. The molecular weight excluding hydrogens is 262 g/mol. The van der Waals surface area contributed by atoms with Gasteiger partial charge in [-0.3, -0.25) is 5.41 Å². The molecule has 0 aliphatic rings. The van der Waals surface area contributed by atoms with Gasteiger partial charge in [-0.05, 0) is 19.1 Å². The summed E-state index contributed by atoms with van der Waals surface area (Å²) in [7, 11) is 1.95. The second-order valence-corrected chi connectivity index (χ2v) is 5.40. The smallest absolute Gasteiger partial charge is 0.136 e. The molecule has 0 atom stereocenters. The molecule has 1 aromatic heterocycles. The van der Waals surface area contributed by atoms with Crippen LogP contribution in [0.5, 0.6) is 0 Å². The zero-order valence-corrected chi connectivity index (χ0v) is 12.9. The summed E-state index contributed by atoms with van der Waals surface area (Å²) in [6.07, 6.45) is 0. The standard InChI is InChI=1S/C16H21N5/c1-10(2)16-19-11(3)8-14(20-16)21(4)13-7-5-6-12(9-13)15(17)18/h5-10H,1-4H3,(H3,17,18). The normalized spacial score (nSPS) is 10.7. The Bertz CT molecular complexity index is 663. The van der Waals surface area contributed by atoms with E-state index < -0.39 is 0 Å². The first-order valence-electron chi connectivity index (χ1n) is 6.92. The third kappa shape index (κ3) is 3.37. The van der Waals surface area contributed by atoms with E-state index in [1.54, 1.807) is 0 Å². The molecular formula is C16H21N5. The Kier molecular flexibility index (Phi) is 4.21. The van der Waals surface area contributed by atoms with E-state index >= 15 is 0 Å². The minimum Gasteiger partial charge on any atom is -0.384 e. The van der Waals surface area contributed by atoms with Crippen molar-refractivity contribution in [3.05, 3.63) is 47.4 Å². The van der Waals surface area contributed by atoms with Gasteiger partial charge in [0, 0.05) is 36.0 Å². The largest absolute Gasteiger partial charge is 0.384 e. The Morgan fingerprint density at radius 1 is 1.24 bits per heavy atom. The third-order valence-corrected chi connectivity index (χ3v) is 3.26. The van der Waals surface area contributed by atoms with E-state index in [9.17, 15) is 0 Å². The second kappa shape index (κ2) is 5.91. The topological polar surface area (TPSA) is 78.9 Å². The van der Waals surface area contributed by atoms with Crippen LogP contribution in [0, 0.1) is 12.3 Å². The van der Waals surface area contributed by atoms with Gasteiger partial charge < -0.3 is 10.6 Å². The van der Waals surface area contributed by atoms with Crippen LogP contribution in [-0.2, 0) is 0 Å². The van der Waals surface area contributed by atoms with Gasteiger partial charge in [-0.15, -0.1) is 0 Å². The fourth-order valence-electron chi connectivity index (χ4n) is 2.02. The summed E-state index contributed by atoms with van der Waals surface area (Å²) in [4.78, 5) is 11.1. The summed E-state index contributed by atoms with van der Waals surface area (Å²) in [5.74, 6) is 2.01. The lowest BCUT2D eigenvalue weighted by Gasteiger charge is -2.20. The van der Waals surface area contributed by atoms with Crippen molar-refractivity contribution in [3.63, 3.8) is 0 Å². The maximum atomic E-state index is 7.54. The van der Waals surface area contributed by atoms with Crippen molar-refractivity contribution in [2.45, 2.75) is 26.7 Å². The zero-order valence-electron chi connectivity index (χ0n) is 12.9. The molecule has 0 aliphatic carbocycles. The number of aryl methyl sites for hydroxylation is 1. The van der Waals surface area contributed by atoms with Crippen LogP contribution in [0.3, 0.4) is 0 Å². The number of aromatic nitrogens is 2. The van der Waals surface area contributed by atoms with Gasteiger partial charge >= 0.3 is 0 Å². The van der Waals surface area contributed by atoms with E-state index in [1.165, 1.54) is 0 Å². The minimum atomic E-state index is 0.0620. The number of hydrogen-bond acceptors (Lipinski definition) is 4. The summed E-state index contributed by atoms with van der Waals surface area (Å²) in [6, 6.07) is 9.52. The number of amidine groups is 1. The molecule has 2 aromatic rings. The number of anilines is 2. The predicted octanol–water partition coefficient (Wildman–Crippen LogP) is 2.96. The van der Waals surface area contributed by atoms with Gasteiger partial charge in [-0.1, -0.05) is 26.0 Å². The highest BCUT2D eigenvalue weighted by atomic mass is 15.2. The Morgan fingerprint density at radius 2 is 1.95 bits per heavy atom. The Hall–Kier alpha value is -2.43. The van der Waals surface area contributed by atoms with Gasteiger partial charge in [0.25, 0.3) is 0 Å². The van der Waals surface area contributed by atoms with Crippen molar-refractivity contribution in [2.24, 2.45) is 5.73 Å². The summed E-state index contributed by atoms with van der Waals surface area (Å²) in [5, 5.41) is 7.54. The molecule has 0 radical (unpaired) electrons. The van der Waals surface area contributed by atoms with Crippen molar-refractivity contribution in [1.29, 1.82) is 5.41 Å². The van der Waals surface area contributed by atoms with Gasteiger partial charge in [0.05, 0.1) is 0 Å². The van der Waals surface area contributed by atoms with Gasteiger partial charge in [-0.2, -0.15) is 0 Å². The van der Waals surface area contributed by atoms with Gasteiger partial charge in [0.2, 0.25) is 0 Å². The summed E-state index contributed by atoms with van der Waals surface area (Å²) < 4.78 is 0. The fourth-order valence-corrected chi connectivity index (χ4v) is 2.02. The van der Waals surface area contributed by atoms with Crippen molar-refractivity contribution in [2.75, 3.05) is 11.9 Å². The lowest BCUT2D eigenvalue weighted by atomic mass is 10.1. The van der Waals surface area contributed by atoms with E-state index in [0.717, 1.165) is 23.0 Å². The molecule has 5 nitrogen and oxygen atoms in total. The lowest BCUT2D eigenvalue weighted by Crippen LogP contribution is -2.16. The van der Waals surface area contributed by atoms with E-state index in [0.29, 0.717) is 5.56 Å². The molecule has 0 aliphatic heterocycles. The van der Waals surface area contributed by atoms with Gasteiger partial charge in [-0.25, -0.2) is 9.97 Å². The Morgan fingerprint density at radius 3 is 2.57 bits per heavy atom. The molecule has 0 saturated carbocycles. The van der Waals surface area contributed by atoms with E-state index in [4.69, 9.17) is 11.1 Å². The van der Waals surface area contributed by atoms with Gasteiger partial charge in [0.1, 0.15) is 17.5 Å². The molecule has 0 bridgehead atoms. The number of nitrogens with one attached hydrogen (secondary N) is 1. The SMILES string of the molecule is Cc1cc(N(C)c2cccc(C(=N)N)c2)nc(C(C)C)n1. The highest BCUT2D eigenvalue weighted by Crippen LogP contribution is 2.24. The molecule has 2 rings (SSSR count). The maximum absolute atomic E-state index is 7.54. The van der Waals surface area contributed by atoms with Crippen LogP contribution < -0.4 is 10.6 Å². The molecule has 1 aromatic carbocycles. The van der Waals surface area contributed by atoms with Gasteiger partial charge in [0.15, 0.2) is 0 Å². The molecule has 0 unspecified atom stereocenters. The second-order valence-electron chi connectivity index (χ2n) is 5.40. The molecule has 0 amide bonds. The van der Waals surface area contributed by atoms with Crippen LogP contribution in [-0.4, -0.2) is 22.9 Å². The van der Waals surface area contributed by atoms with Crippen molar-refractivity contribution < 1.29 is 0 Å². The van der Waals surface area contributed by atoms with Crippen LogP contribution in [0.1, 0.15) is 36.8 Å². The van der Waals surface area contributed by atoms with Crippen LogP contribution in [0.15, 0.2) is 30.3 Å². The molecule has 0 spiro atoms. The summed E-state index contributed by atoms with van der Waals surface area (Å²) in [5.41, 5.74) is 8.13.